The molecule has 1 unspecified atom stereocenters. The number of fused-ring (bicyclic) bond motifs is 1. The first kappa shape index (κ1) is 21.5. The predicted octanol–water partition coefficient (Wildman–Crippen LogP) is 4.68. The Balaban J connectivity index is 1.41. The maximum atomic E-state index is 15.1. The van der Waals surface area contributed by atoms with Gasteiger partial charge in [-0.15, -0.1) is 0 Å². The molecule has 2 aliphatic rings. The highest BCUT2D eigenvalue weighted by Gasteiger charge is 2.29. The molecule has 0 bridgehead atoms. The Kier molecular flexibility index (Phi) is 5.54. The number of aromatic nitrogens is 2. The lowest BCUT2D eigenvalue weighted by molar-refractivity contribution is 0.00674. The molecule has 0 spiro atoms. The summed E-state index contributed by atoms with van der Waals surface area (Å²) in [6.45, 7) is 5.88. The van der Waals surface area contributed by atoms with E-state index >= 15 is 8.78 Å². The summed E-state index contributed by atoms with van der Waals surface area (Å²) in [7, 11) is 0. The topological polar surface area (TPSA) is 67.3 Å². The summed E-state index contributed by atoms with van der Waals surface area (Å²) >= 11 is 0. The molecule has 0 aliphatic carbocycles. The minimum absolute atomic E-state index is 0.0441. The van der Waals surface area contributed by atoms with Crippen molar-refractivity contribution in [3.8, 4) is 11.1 Å². The van der Waals surface area contributed by atoms with Gasteiger partial charge in [0.05, 0.1) is 25.8 Å². The van der Waals surface area contributed by atoms with Gasteiger partial charge in [-0.1, -0.05) is 0 Å². The number of amides is 1. The van der Waals surface area contributed by atoms with E-state index in [4.69, 9.17) is 4.74 Å². The van der Waals surface area contributed by atoms with Crippen molar-refractivity contribution in [3.63, 3.8) is 0 Å². The molecule has 2 aromatic heterocycles. The Labute approximate surface area is 190 Å². The van der Waals surface area contributed by atoms with Gasteiger partial charge in [-0.05, 0) is 49.7 Å². The molecule has 3 aromatic rings. The van der Waals surface area contributed by atoms with Crippen LogP contribution < -0.4 is 5.32 Å². The molecule has 1 N–H and O–H groups in total. The van der Waals surface area contributed by atoms with Crippen molar-refractivity contribution in [1.29, 1.82) is 0 Å². The number of pyridine rings is 2. The lowest BCUT2D eigenvalue weighted by atomic mass is 9.97. The second-order valence-corrected chi connectivity index (χ2v) is 8.43. The largest absolute Gasteiger partial charge is 0.380 e. The molecule has 0 saturated carbocycles. The van der Waals surface area contributed by atoms with Crippen LogP contribution in [0.2, 0.25) is 0 Å². The first-order valence-electron chi connectivity index (χ1n) is 11.0. The van der Waals surface area contributed by atoms with Gasteiger partial charge in [0.1, 0.15) is 17.5 Å². The van der Waals surface area contributed by atoms with Crippen molar-refractivity contribution in [2.75, 3.05) is 25.1 Å². The average molecular weight is 450 g/mol. The van der Waals surface area contributed by atoms with Crippen molar-refractivity contribution in [3.05, 3.63) is 76.7 Å². The van der Waals surface area contributed by atoms with Crippen LogP contribution in [0.5, 0.6) is 0 Å². The molecular formula is C25H24F2N4O2. The van der Waals surface area contributed by atoms with E-state index in [2.05, 4.69) is 15.3 Å². The molecule has 6 nitrogen and oxygen atoms in total. The molecule has 4 heterocycles. The number of nitrogens with one attached hydrogen (secondary N) is 1. The fourth-order valence-corrected chi connectivity index (χ4v) is 4.31. The van der Waals surface area contributed by atoms with Crippen molar-refractivity contribution in [2.24, 2.45) is 0 Å². The zero-order valence-corrected chi connectivity index (χ0v) is 18.4. The summed E-state index contributed by atoms with van der Waals surface area (Å²) in [5, 5.41) is 3.17. The van der Waals surface area contributed by atoms with E-state index in [1.807, 2.05) is 6.92 Å². The number of benzene rings is 1. The number of hydrogen-bond donors (Lipinski definition) is 1. The number of carbonyl (C=O) groups excluding carboxylic acids is 1. The Hall–Kier alpha value is -3.39. The highest BCUT2D eigenvalue weighted by molar-refractivity contribution is 5.99. The molecule has 5 rings (SSSR count). The van der Waals surface area contributed by atoms with E-state index < -0.39 is 17.7 Å². The molecule has 8 heteroatoms. The van der Waals surface area contributed by atoms with Crippen LogP contribution in [-0.2, 0) is 11.3 Å². The van der Waals surface area contributed by atoms with Crippen LogP contribution >= 0.6 is 0 Å². The van der Waals surface area contributed by atoms with Gasteiger partial charge in [-0.3, -0.25) is 9.78 Å². The fraction of sp³-hybridized carbons (Fsp3) is 0.320. The summed E-state index contributed by atoms with van der Waals surface area (Å²) in [5.41, 5.74) is 3.14. The maximum absolute atomic E-state index is 15.1. The number of carbonyl (C=O) groups is 1. The fourth-order valence-electron chi connectivity index (χ4n) is 4.31. The van der Waals surface area contributed by atoms with Gasteiger partial charge in [0.15, 0.2) is 0 Å². The summed E-state index contributed by atoms with van der Waals surface area (Å²) in [6.07, 6.45) is 3.17. The zero-order chi connectivity index (χ0) is 23.1. The molecular weight excluding hydrogens is 426 g/mol. The highest BCUT2D eigenvalue weighted by atomic mass is 19.1. The first-order chi connectivity index (χ1) is 16.0. The van der Waals surface area contributed by atoms with Crippen LogP contribution in [0.15, 0.2) is 42.7 Å². The third-order valence-electron chi connectivity index (χ3n) is 6.36. The molecule has 170 valence electrons. The van der Waals surface area contributed by atoms with E-state index in [1.54, 1.807) is 42.4 Å². The van der Waals surface area contributed by atoms with E-state index in [0.717, 1.165) is 11.3 Å². The minimum atomic E-state index is -0.557. The number of hydrogen-bond acceptors (Lipinski definition) is 5. The van der Waals surface area contributed by atoms with Gasteiger partial charge in [0, 0.05) is 52.8 Å². The monoisotopic (exact) mass is 450 g/mol. The van der Waals surface area contributed by atoms with Gasteiger partial charge >= 0.3 is 0 Å². The Morgan fingerprint density at radius 3 is 2.64 bits per heavy atom. The lowest BCUT2D eigenvalue weighted by Gasteiger charge is -2.25. The average Bonchev–Trinajstić information content (AvgIpc) is 3.11. The number of ether oxygens (including phenoxy) is 1. The van der Waals surface area contributed by atoms with Crippen molar-refractivity contribution < 1.29 is 18.3 Å². The third kappa shape index (κ3) is 3.84. The first-order valence-corrected chi connectivity index (χ1v) is 11.0. The second kappa shape index (κ2) is 8.51. The van der Waals surface area contributed by atoms with Crippen molar-refractivity contribution in [2.45, 2.75) is 32.4 Å². The molecule has 1 fully saturated rings. The minimum Gasteiger partial charge on any atom is -0.380 e. The SMILES string of the molecule is CCN1Cc2c(ccnc2NC(C)c2cc(F)c(-c3ccnc(C4COC4)c3)cc2F)C1=O. The smallest absolute Gasteiger partial charge is 0.254 e. The Morgan fingerprint density at radius 1 is 1.12 bits per heavy atom. The van der Waals surface area contributed by atoms with Crippen LogP contribution in [0.1, 0.15) is 53.0 Å². The molecule has 2 aliphatic heterocycles. The van der Waals surface area contributed by atoms with Gasteiger partial charge in [0.25, 0.3) is 5.91 Å². The third-order valence-corrected chi connectivity index (χ3v) is 6.36. The molecule has 1 aromatic carbocycles. The normalized spacial score (nSPS) is 16.5. The lowest BCUT2D eigenvalue weighted by Crippen LogP contribution is -2.25. The van der Waals surface area contributed by atoms with Crippen molar-refractivity contribution >= 4 is 11.7 Å². The van der Waals surface area contributed by atoms with Crippen molar-refractivity contribution in [1.82, 2.24) is 14.9 Å². The standard InChI is InChI=1S/C25H24F2N4O2/c1-3-31-11-20-17(25(31)32)5-7-29-24(20)30-14(2)18-9-22(27)19(10-21(18)26)15-4-6-28-23(8-15)16-12-33-13-16/h4-10,14,16H,3,11-13H2,1-2H3,(H,29,30). The number of anilines is 1. The van der Waals surface area contributed by atoms with E-state index in [9.17, 15) is 4.79 Å². The van der Waals surface area contributed by atoms with Crippen LogP contribution in [0.3, 0.4) is 0 Å². The summed E-state index contributed by atoms with van der Waals surface area (Å²) in [5.74, 6) is -0.375. The Morgan fingerprint density at radius 2 is 1.91 bits per heavy atom. The molecule has 1 saturated heterocycles. The highest BCUT2D eigenvalue weighted by Crippen LogP contribution is 2.33. The maximum Gasteiger partial charge on any atom is 0.254 e. The summed E-state index contributed by atoms with van der Waals surface area (Å²) in [4.78, 5) is 22.9. The van der Waals surface area contributed by atoms with Gasteiger partial charge in [-0.25, -0.2) is 13.8 Å². The second-order valence-electron chi connectivity index (χ2n) is 8.43. The van der Waals surface area contributed by atoms with E-state index in [1.165, 1.54) is 12.1 Å². The molecule has 0 radical (unpaired) electrons. The van der Waals surface area contributed by atoms with Gasteiger partial charge in [-0.2, -0.15) is 0 Å². The summed E-state index contributed by atoms with van der Waals surface area (Å²) < 4.78 is 35.4. The predicted molar refractivity (Wildman–Crippen MR) is 120 cm³/mol. The van der Waals surface area contributed by atoms with Gasteiger partial charge < -0.3 is 15.0 Å². The molecule has 33 heavy (non-hydrogen) atoms. The van der Waals surface area contributed by atoms with Gasteiger partial charge in [0.2, 0.25) is 0 Å². The van der Waals surface area contributed by atoms with Crippen LogP contribution in [0, 0.1) is 11.6 Å². The Bertz CT molecular complexity index is 1230. The van der Waals surface area contributed by atoms with Crippen LogP contribution in [0.4, 0.5) is 14.6 Å². The van der Waals surface area contributed by atoms with Crippen LogP contribution in [-0.4, -0.2) is 40.5 Å². The number of halogens is 2. The summed E-state index contributed by atoms with van der Waals surface area (Å²) in [6, 6.07) is 7.05. The van der Waals surface area contributed by atoms with E-state index in [-0.39, 0.29) is 23.0 Å². The zero-order valence-electron chi connectivity index (χ0n) is 18.4. The molecule has 1 amide bonds. The van der Waals surface area contributed by atoms with Crippen LogP contribution in [0.25, 0.3) is 11.1 Å². The van der Waals surface area contributed by atoms with E-state index in [0.29, 0.717) is 43.2 Å². The molecule has 1 atom stereocenters. The number of nitrogens with zero attached hydrogens (tertiary/aromatic N) is 3. The number of rotatable bonds is 6. The quantitative estimate of drug-likeness (QED) is 0.591.